The van der Waals surface area contributed by atoms with Gasteiger partial charge in [0, 0.05) is 22.4 Å². The predicted octanol–water partition coefficient (Wildman–Crippen LogP) is 5.59. The number of rotatable bonds is 2. The van der Waals surface area contributed by atoms with Gasteiger partial charge in [-0.05, 0) is 91.6 Å². The second-order valence-electron chi connectivity index (χ2n) is 14.9. The molecule has 0 unspecified atom stereocenters. The van der Waals surface area contributed by atoms with Crippen molar-refractivity contribution in [2.24, 2.45) is 50.2 Å². The molecule has 6 nitrogen and oxygen atoms in total. The normalized spacial score (nSPS) is 47.9. The van der Waals surface area contributed by atoms with Gasteiger partial charge in [0.1, 0.15) is 0 Å². The van der Waals surface area contributed by atoms with Crippen LogP contribution in [0.25, 0.3) is 0 Å². The molecule has 0 saturated heterocycles. The third-order valence-electron chi connectivity index (χ3n) is 12.9. The number of fused-ring (bicyclic) bond motifs is 7. The number of carbonyl (C=O) groups excluding carboxylic acids is 4. The Morgan fingerprint density at radius 2 is 1.69 bits per heavy atom. The number of allylic oxidation sites excluding steroid dienone is 3. The Kier molecular flexibility index (Phi) is 6.34. The van der Waals surface area contributed by atoms with Crippen LogP contribution in [-0.2, 0) is 23.9 Å². The van der Waals surface area contributed by atoms with E-state index in [0.29, 0.717) is 25.7 Å². The minimum atomic E-state index is -1.25. The molecule has 0 bridgehead atoms. The Morgan fingerprint density at radius 3 is 2.28 bits per heavy atom. The summed E-state index contributed by atoms with van der Waals surface area (Å²) in [4.78, 5) is 54.6. The third kappa shape index (κ3) is 3.31. The zero-order valence-corrected chi connectivity index (χ0v) is 25.2. The monoisotopic (exact) mass is 558 g/mol. The van der Waals surface area contributed by atoms with Crippen LogP contribution in [0.5, 0.6) is 0 Å². The molecule has 1 N–H and O–H groups in total. The van der Waals surface area contributed by atoms with E-state index in [0.717, 1.165) is 24.8 Å². The van der Waals surface area contributed by atoms with Crippen LogP contribution in [0, 0.1) is 50.2 Å². The largest absolute Gasteiger partial charge is 0.469 e. The zero-order valence-electron chi connectivity index (χ0n) is 24.4. The van der Waals surface area contributed by atoms with Crippen LogP contribution >= 0.6 is 11.6 Å². The summed E-state index contributed by atoms with van der Waals surface area (Å²) < 4.78 is 5.39. The average Bonchev–Trinajstić information content (AvgIpc) is 2.88. The Balaban J connectivity index is 1.73. The molecule has 0 aliphatic heterocycles. The van der Waals surface area contributed by atoms with Crippen molar-refractivity contribution in [2.45, 2.75) is 86.5 Å². The fourth-order valence-electron chi connectivity index (χ4n) is 10.3. The van der Waals surface area contributed by atoms with E-state index in [1.165, 1.54) is 12.6 Å². The van der Waals surface area contributed by atoms with E-state index < -0.39 is 45.2 Å². The lowest BCUT2D eigenvalue weighted by Crippen LogP contribution is -2.67. The number of carbonyl (C=O) groups is 4. The van der Waals surface area contributed by atoms with E-state index in [2.05, 4.69) is 27.7 Å². The molecular weight excluding hydrogens is 516 g/mol. The number of ketones is 3. The van der Waals surface area contributed by atoms with Crippen LogP contribution in [0.2, 0.25) is 0 Å². The number of methoxy groups -OCH3 is 1. The Labute approximate surface area is 237 Å². The molecule has 8 atom stereocenters. The molecule has 7 heteroatoms. The van der Waals surface area contributed by atoms with Crippen LogP contribution in [0.4, 0.5) is 0 Å². The van der Waals surface area contributed by atoms with E-state index in [4.69, 9.17) is 16.3 Å². The van der Waals surface area contributed by atoms with Crippen LogP contribution in [0.1, 0.15) is 86.5 Å². The van der Waals surface area contributed by atoms with Crippen LogP contribution < -0.4 is 0 Å². The van der Waals surface area contributed by atoms with Gasteiger partial charge in [-0.1, -0.05) is 46.2 Å². The maximum Gasteiger partial charge on any atom is 0.312 e. The van der Waals surface area contributed by atoms with Crippen molar-refractivity contribution in [1.29, 1.82) is 0 Å². The number of hydrogen-bond donors (Lipinski definition) is 1. The lowest BCUT2D eigenvalue weighted by Gasteiger charge is -2.69. The molecule has 214 valence electrons. The van der Waals surface area contributed by atoms with Crippen molar-refractivity contribution in [2.75, 3.05) is 13.7 Å². The molecule has 5 rings (SSSR count). The van der Waals surface area contributed by atoms with E-state index in [1.54, 1.807) is 13.0 Å². The summed E-state index contributed by atoms with van der Waals surface area (Å²) in [6.45, 7) is 12.0. The summed E-state index contributed by atoms with van der Waals surface area (Å²) in [5, 5.41) is 10.4. The summed E-state index contributed by atoms with van der Waals surface area (Å²) in [7, 11) is 1.45. The van der Waals surface area contributed by atoms with Crippen molar-refractivity contribution >= 4 is 34.9 Å². The van der Waals surface area contributed by atoms with Gasteiger partial charge >= 0.3 is 5.97 Å². The quantitative estimate of drug-likeness (QED) is 0.269. The Hall–Kier alpha value is -1.79. The highest BCUT2D eigenvalue weighted by atomic mass is 35.5. The molecule has 5 aliphatic rings. The van der Waals surface area contributed by atoms with Crippen molar-refractivity contribution in [3.8, 4) is 0 Å². The average molecular weight is 559 g/mol. The van der Waals surface area contributed by atoms with Crippen molar-refractivity contribution in [3.63, 3.8) is 0 Å². The highest BCUT2D eigenvalue weighted by molar-refractivity contribution is 6.48. The van der Waals surface area contributed by atoms with Crippen molar-refractivity contribution < 1.29 is 29.0 Å². The Morgan fingerprint density at radius 1 is 1.05 bits per heavy atom. The highest BCUT2D eigenvalue weighted by Gasteiger charge is 2.73. The van der Waals surface area contributed by atoms with E-state index in [1.807, 2.05) is 6.92 Å². The molecule has 5 aliphatic carbocycles. The molecule has 0 spiro atoms. The number of Topliss-reactive ketones (excluding diaryl/α,β-unsaturated/α-hetero) is 2. The van der Waals surface area contributed by atoms with Crippen molar-refractivity contribution in [3.05, 3.63) is 22.8 Å². The number of aliphatic hydroxyl groups excluding tert-OH is 1. The summed E-state index contributed by atoms with van der Waals surface area (Å²) in [5.41, 5.74) is -1.53. The van der Waals surface area contributed by atoms with Gasteiger partial charge in [-0.2, -0.15) is 0 Å². The van der Waals surface area contributed by atoms with Crippen molar-refractivity contribution in [1.82, 2.24) is 0 Å². The minimum Gasteiger partial charge on any atom is -0.469 e. The number of halogens is 1. The molecule has 4 saturated carbocycles. The molecule has 0 radical (unpaired) electrons. The first-order chi connectivity index (χ1) is 18.0. The number of ether oxygens (including phenoxy) is 1. The van der Waals surface area contributed by atoms with Gasteiger partial charge in [-0.3, -0.25) is 19.2 Å². The summed E-state index contributed by atoms with van der Waals surface area (Å²) in [5.74, 6) is -2.36. The molecule has 39 heavy (non-hydrogen) atoms. The fraction of sp³-hybridized carbons (Fsp3) is 0.750. The Bertz CT molecular complexity index is 1230. The summed E-state index contributed by atoms with van der Waals surface area (Å²) in [6, 6.07) is 0. The lowest BCUT2D eigenvalue weighted by atomic mass is 9.33. The maximum absolute atomic E-state index is 14.5. The van der Waals surface area contributed by atoms with E-state index in [-0.39, 0.29) is 40.5 Å². The van der Waals surface area contributed by atoms with Gasteiger partial charge in [0.15, 0.2) is 5.78 Å². The van der Waals surface area contributed by atoms with Gasteiger partial charge in [0.2, 0.25) is 11.6 Å². The maximum atomic E-state index is 14.5. The minimum absolute atomic E-state index is 0.00285. The molecule has 0 aromatic heterocycles. The fourth-order valence-corrected chi connectivity index (χ4v) is 10.6. The summed E-state index contributed by atoms with van der Waals surface area (Å²) in [6.07, 6.45) is 6.83. The SMILES string of the molecule is COC(=O)[C@]12CCC(C)(C)C[C@H]1[C@H]1C(=O)C=C3[C@@]4(C)C(=CCl)C(=O)C(=O)[C@](C)(CO)[C@@H]4CC[C@@]3(C)[C@]1(C)CC2. The molecule has 0 heterocycles. The second kappa shape index (κ2) is 8.61. The second-order valence-corrected chi connectivity index (χ2v) is 15.1. The molecule has 0 amide bonds. The summed E-state index contributed by atoms with van der Waals surface area (Å²) >= 11 is 6.30. The number of esters is 1. The number of aliphatic hydroxyl groups is 1. The first kappa shape index (κ1) is 28.7. The topological polar surface area (TPSA) is 97.7 Å². The molecule has 0 aromatic carbocycles. The predicted molar refractivity (Wildman–Crippen MR) is 148 cm³/mol. The number of hydrogen-bond acceptors (Lipinski definition) is 6. The van der Waals surface area contributed by atoms with E-state index >= 15 is 0 Å². The smallest absolute Gasteiger partial charge is 0.312 e. The molecular formula is C32H43ClO6. The zero-order chi connectivity index (χ0) is 29.0. The van der Waals surface area contributed by atoms with Gasteiger partial charge in [0.25, 0.3) is 0 Å². The van der Waals surface area contributed by atoms with Gasteiger partial charge in [-0.15, -0.1) is 0 Å². The standard InChI is InChI=1S/C32H43ClO6/c1-27(2)10-12-32(26(38)39-7)13-11-30(5)23(18(32)15-27)20(35)14-22-29(30,4)9-8-21-28(3,17-34)25(37)24(36)19(16-33)31(21,22)6/h14,16,18,21,23,34H,8-13,15,17H2,1-7H3/t18-,21-,23-,28+,29+,30+,31-,32-/m0/s1. The molecule has 4 fully saturated rings. The van der Waals surface area contributed by atoms with E-state index in [9.17, 15) is 24.3 Å². The first-order valence-electron chi connectivity index (χ1n) is 14.4. The van der Waals surface area contributed by atoms with Gasteiger partial charge < -0.3 is 9.84 Å². The molecule has 0 aromatic rings. The third-order valence-corrected chi connectivity index (χ3v) is 13.1. The van der Waals surface area contributed by atoms with Crippen LogP contribution in [-0.4, -0.2) is 42.1 Å². The lowest BCUT2D eigenvalue weighted by molar-refractivity contribution is -0.192. The van der Waals surface area contributed by atoms with Gasteiger partial charge in [0.05, 0.1) is 24.5 Å². The van der Waals surface area contributed by atoms with Gasteiger partial charge in [-0.25, -0.2) is 0 Å². The first-order valence-corrected chi connectivity index (χ1v) is 14.8. The van der Waals surface area contributed by atoms with Crippen LogP contribution in [0.3, 0.4) is 0 Å². The van der Waals surface area contributed by atoms with Crippen LogP contribution in [0.15, 0.2) is 22.8 Å². The highest BCUT2D eigenvalue weighted by Crippen LogP contribution is 2.75.